The van der Waals surface area contributed by atoms with Crippen molar-refractivity contribution in [2.24, 2.45) is 0 Å². The lowest BCUT2D eigenvalue weighted by Crippen LogP contribution is -1.99. The molecule has 0 bridgehead atoms. The molecule has 1 atom stereocenters. The minimum Gasteiger partial charge on any atom is -0.303 e. The van der Waals surface area contributed by atoms with Gasteiger partial charge in [0.25, 0.3) is 0 Å². The number of carbonyl (C=O) groups is 1. The van der Waals surface area contributed by atoms with Gasteiger partial charge in [-0.25, -0.2) is 4.39 Å². The van der Waals surface area contributed by atoms with E-state index >= 15 is 0 Å². The highest BCUT2D eigenvalue weighted by molar-refractivity contribution is 5.51. The van der Waals surface area contributed by atoms with E-state index in [1.165, 1.54) is 6.07 Å². The second-order valence-electron chi connectivity index (χ2n) is 3.52. The Morgan fingerprint density at radius 3 is 2.71 bits per heavy atom. The molecule has 1 aromatic carbocycles. The number of carbonyl (C=O) groups excluding carboxylic acids is 1. The summed E-state index contributed by atoms with van der Waals surface area (Å²) in [5.74, 6) is 0.0431. The molecule has 0 aliphatic heterocycles. The largest absolute Gasteiger partial charge is 0.303 e. The van der Waals surface area contributed by atoms with Crippen molar-refractivity contribution in [2.75, 3.05) is 0 Å². The molecule has 1 rings (SSSR count). The molecule has 0 heterocycles. The van der Waals surface area contributed by atoms with E-state index in [-0.39, 0.29) is 11.7 Å². The zero-order chi connectivity index (χ0) is 10.6. The van der Waals surface area contributed by atoms with Crippen molar-refractivity contribution in [2.45, 2.75) is 32.6 Å². The van der Waals surface area contributed by atoms with E-state index in [0.29, 0.717) is 12.0 Å². The van der Waals surface area contributed by atoms with Crippen LogP contribution >= 0.6 is 0 Å². The van der Waals surface area contributed by atoms with E-state index in [2.05, 4.69) is 0 Å². The summed E-state index contributed by atoms with van der Waals surface area (Å²) in [5.41, 5.74) is 1.70. The summed E-state index contributed by atoms with van der Waals surface area (Å²) in [7, 11) is 0. The van der Waals surface area contributed by atoms with Crippen molar-refractivity contribution in [3.05, 3.63) is 35.1 Å². The summed E-state index contributed by atoms with van der Waals surface area (Å²) in [4.78, 5) is 10.4. The van der Waals surface area contributed by atoms with Crippen LogP contribution in [-0.2, 0) is 4.79 Å². The summed E-state index contributed by atoms with van der Waals surface area (Å²) in [6.45, 7) is 3.78. The number of halogens is 1. The third-order valence-corrected chi connectivity index (χ3v) is 2.53. The van der Waals surface area contributed by atoms with Gasteiger partial charge in [-0.05, 0) is 36.5 Å². The van der Waals surface area contributed by atoms with Gasteiger partial charge in [0.1, 0.15) is 12.1 Å². The summed E-state index contributed by atoms with van der Waals surface area (Å²) < 4.78 is 13.0. The molecule has 0 aromatic heterocycles. The first-order valence-corrected chi connectivity index (χ1v) is 4.88. The van der Waals surface area contributed by atoms with Crippen molar-refractivity contribution in [1.82, 2.24) is 0 Å². The Bertz CT molecular complexity index is 320. The average molecular weight is 194 g/mol. The van der Waals surface area contributed by atoms with Gasteiger partial charge in [-0.1, -0.05) is 19.1 Å². The molecule has 0 spiro atoms. The van der Waals surface area contributed by atoms with Crippen LogP contribution in [0, 0.1) is 12.7 Å². The van der Waals surface area contributed by atoms with E-state index in [0.717, 1.165) is 18.3 Å². The van der Waals surface area contributed by atoms with Crippen molar-refractivity contribution in [3.63, 3.8) is 0 Å². The molecule has 76 valence electrons. The predicted molar refractivity (Wildman–Crippen MR) is 54.9 cm³/mol. The third-order valence-electron chi connectivity index (χ3n) is 2.53. The Hall–Kier alpha value is -1.18. The summed E-state index contributed by atoms with van der Waals surface area (Å²) >= 11 is 0. The number of hydrogen-bond acceptors (Lipinski definition) is 1. The fourth-order valence-electron chi connectivity index (χ4n) is 1.58. The monoisotopic (exact) mass is 194 g/mol. The highest BCUT2D eigenvalue weighted by Gasteiger charge is 2.09. The molecular formula is C12H15FO. The molecule has 1 aromatic rings. The molecule has 0 radical (unpaired) electrons. The van der Waals surface area contributed by atoms with Gasteiger partial charge in [0.05, 0.1) is 0 Å². The van der Waals surface area contributed by atoms with Gasteiger partial charge in [-0.2, -0.15) is 0 Å². The molecule has 0 N–H and O–H groups in total. The molecule has 0 aliphatic carbocycles. The van der Waals surface area contributed by atoms with Crippen LogP contribution in [0.4, 0.5) is 4.39 Å². The van der Waals surface area contributed by atoms with E-state index in [1.54, 1.807) is 13.0 Å². The predicted octanol–water partition coefficient (Wildman–Crippen LogP) is 3.22. The lowest BCUT2D eigenvalue weighted by molar-refractivity contribution is -0.108. The van der Waals surface area contributed by atoms with Crippen molar-refractivity contribution < 1.29 is 9.18 Å². The van der Waals surface area contributed by atoms with Crippen LogP contribution in [0.2, 0.25) is 0 Å². The standard InChI is InChI=1S/C12H15FO/c1-3-10(6-7-14)11-4-5-12(13)9(2)8-11/h4-5,7-8,10H,3,6H2,1-2H3. The third kappa shape index (κ3) is 2.41. The fourth-order valence-corrected chi connectivity index (χ4v) is 1.58. The molecule has 14 heavy (non-hydrogen) atoms. The maximum atomic E-state index is 13.0. The maximum absolute atomic E-state index is 13.0. The topological polar surface area (TPSA) is 17.1 Å². The smallest absolute Gasteiger partial charge is 0.126 e. The van der Waals surface area contributed by atoms with Gasteiger partial charge in [-0.3, -0.25) is 0 Å². The van der Waals surface area contributed by atoms with Crippen LogP contribution in [0.1, 0.15) is 36.8 Å². The molecule has 0 saturated carbocycles. The molecule has 0 saturated heterocycles. The van der Waals surface area contributed by atoms with Gasteiger partial charge in [0, 0.05) is 6.42 Å². The van der Waals surface area contributed by atoms with Crippen molar-refractivity contribution >= 4 is 6.29 Å². The molecule has 0 amide bonds. The number of benzene rings is 1. The highest BCUT2D eigenvalue weighted by Crippen LogP contribution is 2.23. The highest BCUT2D eigenvalue weighted by atomic mass is 19.1. The fraction of sp³-hybridized carbons (Fsp3) is 0.417. The number of rotatable bonds is 4. The lowest BCUT2D eigenvalue weighted by atomic mass is 9.93. The number of aldehydes is 1. The van der Waals surface area contributed by atoms with Gasteiger partial charge >= 0.3 is 0 Å². The van der Waals surface area contributed by atoms with E-state index < -0.39 is 0 Å². The van der Waals surface area contributed by atoms with Crippen LogP contribution in [0.15, 0.2) is 18.2 Å². The molecule has 1 unspecified atom stereocenters. The van der Waals surface area contributed by atoms with Crippen LogP contribution in [0.25, 0.3) is 0 Å². The van der Waals surface area contributed by atoms with E-state index in [4.69, 9.17) is 0 Å². The van der Waals surface area contributed by atoms with E-state index in [1.807, 2.05) is 13.0 Å². The van der Waals surface area contributed by atoms with Crippen LogP contribution in [0.5, 0.6) is 0 Å². The minimum absolute atomic E-state index is 0.185. The Labute approximate surface area is 83.9 Å². The lowest BCUT2D eigenvalue weighted by Gasteiger charge is -2.12. The Morgan fingerprint density at radius 1 is 1.50 bits per heavy atom. The van der Waals surface area contributed by atoms with Crippen molar-refractivity contribution in [3.8, 4) is 0 Å². The summed E-state index contributed by atoms with van der Waals surface area (Å²) in [6.07, 6.45) is 2.35. The maximum Gasteiger partial charge on any atom is 0.126 e. The molecular weight excluding hydrogens is 179 g/mol. The zero-order valence-corrected chi connectivity index (χ0v) is 8.59. The Morgan fingerprint density at radius 2 is 2.21 bits per heavy atom. The zero-order valence-electron chi connectivity index (χ0n) is 8.59. The summed E-state index contributed by atoms with van der Waals surface area (Å²) in [6, 6.07) is 5.06. The molecule has 0 fully saturated rings. The Kier molecular flexibility index (Phi) is 3.81. The molecule has 1 nitrogen and oxygen atoms in total. The van der Waals surface area contributed by atoms with Crippen LogP contribution < -0.4 is 0 Å². The molecule has 2 heteroatoms. The average Bonchev–Trinajstić information content (AvgIpc) is 2.19. The van der Waals surface area contributed by atoms with Gasteiger partial charge in [-0.15, -0.1) is 0 Å². The first-order valence-electron chi connectivity index (χ1n) is 4.88. The number of hydrogen-bond donors (Lipinski definition) is 0. The SMILES string of the molecule is CCC(CC=O)c1ccc(F)c(C)c1. The van der Waals surface area contributed by atoms with Crippen molar-refractivity contribution in [1.29, 1.82) is 0 Å². The normalized spacial score (nSPS) is 12.5. The first kappa shape index (κ1) is 10.9. The molecule has 0 aliphatic rings. The first-order chi connectivity index (χ1) is 6.69. The summed E-state index contributed by atoms with van der Waals surface area (Å²) in [5, 5.41) is 0. The second kappa shape index (κ2) is 4.89. The van der Waals surface area contributed by atoms with Gasteiger partial charge in [0.2, 0.25) is 0 Å². The minimum atomic E-state index is -0.185. The number of aryl methyl sites for hydroxylation is 1. The quantitative estimate of drug-likeness (QED) is 0.672. The van der Waals surface area contributed by atoms with Crippen LogP contribution in [0.3, 0.4) is 0 Å². The second-order valence-corrected chi connectivity index (χ2v) is 3.52. The Balaban J connectivity index is 2.93. The van der Waals surface area contributed by atoms with Gasteiger partial charge < -0.3 is 4.79 Å². The van der Waals surface area contributed by atoms with E-state index in [9.17, 15) is 9.18 Å². The van der Waals surface area contributed by atoms with Gasteiger partial charge in [0.15, 0.2) is 0 Å². The van der Waals surface area contributed by atoms with Crippen LogP contribution in [-0.4, -0.2) is 6.29 Å².